The van der Waals surface area contributed by atoms with Gasteiger partial charge in [0.15, 0.2) is 0 Å². The van der Waals surface area contributed by atoms with Crippen molar-refractivity contribution in [2.45, 2.75) is 12.8 Å². The van der Waals surface area contributed by atoms with E-state index in [2.05, 4.69) is 35.9 Å². The minimum Gasteiger partial charge on any atom is -0.496 e. The summed E-state index contributed by atoms with van der Waals surface area (Å²) in [4.78, 5) is 14.8. The normalized spacial score (nSPS) is 11.5. The highest BCUT2D eigenvalue weighted by atomic mass is 79.9. The van der Waals surface area contributed by atoms with Crippen LogP contribution in [0.3, 0.4) is 0 Å². The zero-order valence-corrected chi connectivity index (χ0v) is 18.5. The Hall–Kier alpha value is -3.47. The van der Waals surface area contributed by atoms with Gasteiger partial charge in [0.1, 0.15) is 34.2 Å². The Labute approximate surface area is 193 Å². The molecule has 0 aliphatic heterocycles. The van der Waals surface area contributed by atoms with E-state index in [-0.39, 0.29) is 12.3 Å². The fourth-order valence-electron chi connectivity index (χ4n) is 3.03. The molecule has 4 rings (SSSR count). The molecule has 0 fully saturated rings. The number of hydrogen-bond acceptors (Lipinski definition) is 5. The van der Waals surface area contributed by atoms with Gasteiger partial charge in [-0.25, -0.2) is 15.0 Å². The van der Waals surface area contributed by atoms with Gasteiger partial charge in [0, 0.05) is 23.4 Å². The number of aromatic amines is 1. The van der Waals surface area contributed by atoms with E-state index in [1.165, 1.54) is 31.5 Å². The molecular formula is C22H15BrF4N4O2. The minimum atomic E-state index is -4.53. The summed E-state index contributed by atoms with van der Waals surface area (Å²) in [5, 5.41) is 0. The molecule has 0 radical (unpaired) electrons. The number of rotatable bonds is 6. The van der Waals surface area contributed by atoms with Crippen molar-refractivity contribution in [1.29, 1.82) is 0 Å². The number of nitrogens with one attached hydrogen (secondary N) is 1. The number of nitrogens with zero attached hydrogens (tertiary/aromatic N) is 3. The molecule has 0 bridgehead atoms. The maximum atomic E-state index is 13.1. The number of alkyl halides is 3. The fourth-order valence-corrected chi connectivity index (χ4v) is 3.52. The number of ether oxygens (including phenoxy) is 2. The summed E-state index contributed by atoms with van der Waals surface area (Å²) in [6.45, 7) is -0.151. The third-order valence-corrected chi connectivity index (χ3v) is 5.16. The number of halogens is 5. The molecule has 33 heavy (non-hydrogen) atoms. The van der Waals surface area contributed by atoms with Crippen molar-refractivity contribution in [3.05, 3.63) is 76.7 Å². The molecule has 11 heteroatoms. The Kier molecular flexibility index (Phi) is 6.32. The zero-order valence-electron chi connectivity index (χ0n) is 17.0. The molecule has 0 aliphatic carbocycles. The zero-order chi connectivity index (χ0) is 23.6. The summed E-state index contributed by atoms with van der Waals surface area (Å²) in [6, 6.07) is 11.4. The third kappa shape index (κ3) is 5.14. The summed E-state index contributed by atoms with van der Waals surface area (Å²) in [5.74, 6) is 0.704. The van der Waals surface area contributed by atoms with Crippen LogP contribution in [0.5, 0.6) is 11.5 Å². The highest BCUT2D eigenvalue weighted by Gasteiger charge is 2.32. The molecule has 0 atom stereocenters. The Bertz CT molecular complexity index is 1280. The first-order valence-electron chi connectivity index (χ1n) is 9.46. The van der Waals surface area contributed by atoms with Crippen LogP contribution < -0.4 is 9.47 Å². The number of pyridine rings is 2. The molecule has 0 saturated carbocycles. The average molecular weight is 523 g/mol. The van der Waals surface area contributed by atoms with E-state index in [1.54, 1.807) is 24.3 Å². The lowest BCUT2D eigenvalue weighted by molar-refractivity contribution is -0.141. The lowest BCUT2D eigenvalue weighted by Gasteiger charge is -2.12. The quantitative estimate of drug-likeness (QED) is 0.247. The van der Waals surface area contributed by atoms with Crippen LogP contribution in [0.1, 0.15) is 11.4 Å². The van der Waals surface area contributed by atoms with Crippen molar-refractivity contribution in [3.8, 4) is 34.1 Å². The number of hydrogen-bond donors (Lipinski definition) is 1. The standard InChI is InChI=1S/C22H15BrF4N4O2/c1-32-16-9-14(33-11-13-3-2-4-17(29-13)22(25,26)27)6-7-15(16)19-20(23)31-21(30-19)12-5-8-18(24)28-10-12/h2-10H,11H2,1H3,(H,30,31). The molecule has 0 unspecified atom stereocenters. The molecule has 1 aromatic carbocycles. The molecule has 3 heterocycles. The van der Waals surface area contributed by atoms with Gasteiger partial charge in [-0.1, -0.05) is 6.07 Å². The van der Waals surface area contributed by atoms with Crippen molar-refractivity contribution in [2.24, 2.45) is 0 Å². The first-order valence-corrected chi connectivity index (χ1v) is 10.3. The van der Waals surface area contributed by atoms with Crippen LogP contribution in [-0.2, 0) is 12.8 Å². The van der Waals surface area contributed by atoms with E-state index in [9.17, 15) is 17.6 Å². The second-order valence-corrected chi connectivity index (χ2v) is 7.53. The van der Waals surface area contributed by atoms with Gasteiger partial charge in [-0.3, -0.25) is 0 Å². The second kappa shape index (κ2) is 9.18. The highest BCUT2D eigenvalue weighted by Crippen LogP contribution is 2.37. The molecule has 170 valence electrons. The van der Waals surface area contributed by atoms with Crippen LogP contribution >= 0.6 is 15.9 Å². The molecular weight excluding hydrogens is 508 g/mol. The molecule has 0 spiro atoms. The van der Waals surface area contributed by atoms with Gasteiger partial charge in [0.25, 0.3) is 0 Å². The monoisotopic (exact) mass is 522 g/mol. The minimum absolute atomic E-state index is 0.140. The molecule has 1 N–H and O–H groups in total. The predicted octanol–water partition coefficient (Wildman–Crippen LogP) is 6.04. The van der Waals surface area contributed by atoms with Crippen molar-refractivity contribution in [3.63, 3.8) is 0 Å². The Morgan fingerprint density at radius 3 is 2.58 bits per heavy atom. The number of aromatic nitrogens is 4. The van der Waals surface area contributed by atoms with E-state index in [0.717, 1.165) is 6.07 Å². The van der Waals surface area contributed by atoms with Crippen LogP contribution in [-0.4, -0.2) is 27.0 Å². The average Bonchev–Trinajstić information content (AvgIpc) is 3.19. The van der Waals surface area contributed by atoms with Crippen LogP contribution in [0, 0.1) is 5.95 Å². The highest BCUT2D eigenvalue weighted by molar-refractivity contribution is 9.10. The summed E-state index contributed by atoms with van der Waals surface area (Å²) < 4.78 is 63.2. The molecule has 3 aromatic heterocycles. The SMILES string of the molecule is COc1cc(OCc2cccc(C(F)(F)F)n2)ccc1-c1[nH]c(-c2ccc(F)nc2)nc1Br. The van der Waals surface area contributed by atoms with Gasteiger partial charge < -0.3 is 14.5 Å². The maximum Gasteiger partial charge on any atom is 0.433 e. The van der Waals surface area contributed by atoms with E-state index in [4.69, 9.17) is 9.47 Å². The van der Waals surface area contributed by atoms with Gasteiger partial charge >= 0.3 is 6.18 Å². The lowest BCUT2D eigenvalue weighted by Crippen LogP contribution is -2.10. The molecule has 0 amide bonds. The smallest absolute Gasteiger partial charge is 0.433 e. The number of methoxy groups -OCH3 is 1. The predicted molar refractivity (Wildman–Crippen MR) is 115 cm³/mol. The molecule has 0 saturated heterocycles. The van der Waals surface area contributed by atoms with Gasteiger partial charge in [-0.15, -0.1) is 0 Å². The van der Waals surface area contributed by atoms with E-state index < -0.39 is 17.8 Å². The molecule has 4 aromatic rings. The van der Waals surface area contributed by atoms with Crippen molar-refractivity contribution in [1.82, 2.24) is 19.9 Å². The topological polar surface area (TPSA) is 72.9 Å². The second-order valence-electron chi connectivity index (χ2n) is 6.78. The van der Waals surface area contributed by atoms with Crippen LogP contribution in [0.25, 0.3) is 22.6 Å². The first kappa shape index (κ1) is 22.7. The number of benzene rings is 1. The summed E-state index contributed by atoms with van der Waals surface area (Å²) >= 11 is 3.41. The fraction of sp³-hybridized carbons (Fsp3) is 0.136. The van der Waals surface area contributed by atoms with Gasteiger partial charge in [0.05, 0.1) is 18.5 Å². The van der Waals surface area contributed by atoms with Crippen molar-refractivity contribution < 1.29 is 27.0 Å². The Morgan fingerprint density at radius 1 is 1.06 bits per heavy atom. The van der Waals surface area contributed by atoms with Crippen molar-refractivity contribution >= 4 is 15.9 Å². The largest absolute Gasteiger partial charge is 0.496 e. The van der Waals surface area contributed by atoms with Crippen LogP contribution in [0.15, 0.2) is 59.3 Å². The van der Waals surface area contributed by atoms with E-state index in [0.29, 0.717) is 38.7 Å². The molecule has 0 aliphatic rings. The Morgan fingerprint density at radius 2 is 1.88 bits per heavy atom. The summed E-state index contributed by atoms with van der Waals surface area (Å²) in [5.41, 5.74) is 1.02. The van der Waals surface area contributed by atoms with Gasteiger partial charge in [0.2, 0.25) is 5.95 Å². The maximum absolute atomic E-state index is 13.1. The lowest BCUT2D eigenvalue weighted by atomic mass is 10.1. The third-order valence-electron chi connectivity index (χ3n) is 4.59. The summed E-state index contributed by atoms with van der Waals surface area (Å²) in [6.07, 6.45) is -3.17. The van der Waals surface area contributed by atoms with E-state index >= 15 is 0 Å². The van der Waals surface area contributed by atoms with Gasteiger partial charge in [-0.05, 0) is 52.3 Å². The van der Waals surface area contributed by atoms with E-state index in [1.807, 2.05) is 0 Å². The first-order chi connectivity index (χ1) is 15.7. The van der Waals surface area contributed by atoms with Gasteiger partial charge in [-0.2, -0.15) is 17.6 Å². The number of imidazole rings is 1. The van der Waals surface area contributed by atoms with Crippen LogP contribution in [0.2, 0.25) is 0 Å². The van der Waals surface area contributed by atoms with Crippen molar-refractivity contribution in [2.75, 3.05) is 7.11 Å². The summed E-state index contributed by atoms with van der Waals surface area (Å²) in [7, 11) is 1.48. The molecule has 6 nitrogen and oxygen atoms in total. The number of H-pyrrole nitrogens is 1. The Balaban J connectivity index is 1.56. The van der Waals surface area contributed by atoms with Crippen LogP contribution in [0.4, 0.5) is 17.6 Å².